The summed E-state index contributed by atoms with van der Waals surface area (Å²) in [6.07, 6.45) is 1.27. The quantitative estimate of drug-likeness (QED) is 0.192. The normalized spacial score (nSPS) is 11.4. The average molecular weight is 550 g/mol. The zero-order valence-corrected chi connectivity index (χ0v) is 22.0. The number of amides is 1. The van der Waals surface area contributed by atoms with Crippen molar-refractivity contribution in [2.45, 2.75) is 51.5 Å². The second-order valence-electron chi connectivity index (χ2n) is 8.55. The van der Waals surface area contributed by atoms with Crippen molar-refractivity contribution in [1.82, 2.24) is 19.5 Å². The van der Waals surface area contributed by atoms with Crippen LogP contribution >= 0.6 is 0 Å². The van der Waals surface area contributed by atoms with E-state index < -0.39 is 31.7 Å². The first-order chi connectivity index (χ1) is 18.0. The maximum absolute atomic E-state index is 15.2. The van der Waals surface area contributed by atoms with Crippen LogP contribution in [0.25, 0.3) is 5.69 Å². The number of aromatic nitrogens is 3. The number of nitrogens with one attached hydrogen (secondary N) is 1. The van der Waals surface area contributed by atoms with Crippen molar-refractivity contribution in [2.75, 3.05) is 13.2 Å². The molecule has 0 fully saturated rings. The van der Waals surface area contributed by atoms with Gasteiger partial charge in [0.05, 0.1) is 11.5 Å². The molecule has 3 rings (SSSR count). The second-order valence-corrected chi connectivity index (χ2v) is 10.2. The molecule has 1 heterocycles. The molecule has 14 heteroatoms. The molecule has 0 atom stereocenters. The summed E-state index contributed by atoms with van der Waals surface area (Å²) < 4.78 is 48.4. The first kappa shape index (κ1) is 28.7. The molecule has 0 aliphatic rings. The van der Waals surface area contributed by atoms with E-state index in [4.69, 9.17) is 4.74 Å². The highest BCUT2D eigenvalue weighted by atomic mass is 32.2. The summed E-state index contributed by atoms with van der Waals surface area (Å²) in [5.74, 6) is -0.979. The van der Waals surface area contributed by atoms with Crippen molar-refractivity contribution in [3.63, 3.8) is 0 Å². The van der Waals surface area contributed by atoms with E-state index in [0.717, 1.165) is 29.7 Å². The van der Waals surface area contributed by atoms with Gasteiger partial charge in [0.1, 0.15) is 23.9 Å². The minimum absolute atomic E-state index is 0.0134. The zero-order valence-electron chi connectivity index (χ0n) is 21.1. The molecule has 0 spiro atoms. The molecule has 0 saturated heterocycles. The predicted molar refractivity (Wildman–Crippen MR) is 133 cm³/mol. The fourth-order valence-electron chi connectivity index (χ4n) is 3.60. The summed E-state index contributed by atoms with van der Waals surface area (Å²) in [4.78, 5) is 29.8. The molecule has 0 saturated carbocycles. The van der Waals surface area contributed by atoms with Crippen molar-refractivity contribution in [1.29, 1.82) is 0 Å². The van der Waals surface area contributed by atoms with E-state index in [1.165, 1.54) is 16.8 Å². The Labute approximate surface area is 218 Å². The Balaban J connectivity index is 1.86. The third-order valence-corrected chi connectivity index (χ3v) is 6.85. The van der Waals surface area contributed by atoms with E-state index in [1.54, 1.807) is 4.72 Å². The van der Waals surface area contributed by atoms with Gasteiger partial charge < -0.3 is 9.57 Å². The van der Waals surface area contributed by atoms with Gasteiger partial charge in [0.2, 0.25) is 5.91 Å². The van der Waals surface area contributed by atoms with Crippen LogP contribution in [0, 0.1) is 29.8 Å². The molecule has 1 N–H and O–H groups in total. The number of carbonyl (C=O) groups excluding carboxylic acids is 1. The van der Waals surface area contributed by atoms with Crippen LogP contribution in [0.15, 0.2) is 41.3 Å². The van der Waals surface area contributed by atoms with Crippen LogP contribution < -0.4 is 4.72 Å². The van der Waals surface area contributed by atoms with Crippen molar-refractivity contribution in [2.24, 2.45) is 0 Å². The Morgan fingerprint density at radius 1 is 1.16 bits per heavy atom. The number of benzene rings is 2. The average Bonchev–Trinajstić information content (AvgIpc) is 3.21. The fourth-order valence-corrected chi connectivity index (χ4v) is 4.61. The number of nitrogens with zero attached hydrogens (tertiary/aromatic N) is 4. The van der Waals surface area contributed by atoms with Gasteiger partial charge in [-0.15, -0.1) is 15.2 Å². The Bertz CT molecular complexity index is 1430. The molecule has 204 valence electrons. The van der Waals surface area contributed by atoms with Crippen LogP contribution in [0.3, 0.4) is 0 Å². The monoisotopic (exact) mass is 549 g/mol. The van der Waals surface area contributed by atoms with Crippen LogP contribution in [0.1, 0.15) is 48.1 Å². The SMILES string of the molecule is CC(=O)NS(=O)(=O)c1ccc(-n2nc(COCCCCO[N+](=O)[O-])nc2Cc2cc(C)ccc2C)c(F)c1. The number of sulfonamides is 1. The lowest BCUT2D eigenvalue weighted by Gasteiger charge is -2.11. The highest BCUT2D eigenvalue weighted by Crippen LogP contribution is 2.22. The number of rotatable bonds is 13. The van der Waals surface area contributed by atoms with Crippen LogP contribution in [0.4, 0.5) is 4.39 Å². The minimum Gasteiger partial charge on any atom is -0.373 e. The third-order valence-electron chi connectivity index (χ3n) is 5.42. The lowest BCUT2D eigenvalue weighted by atomic mass is 10.0. The van der Waals surface area contributed by atoms with Crippen LogP contribution in [-0.4, -0.2) is 47.4 Å². The van der Waals surface area contributed by atoms with Crippen molar-refractivity contribution in [3.8, 4) is 5.69 Å². The van der Waals surface area contributed by atoms with Crippen molar-refractivity contribution in [3.05, 3.63) is 80.7 Å². The van der Waals surface area contributed by atoms with Crippen LogP contribution in [0.5, 0.6) is 0 Å². The topological polar surface area (TPSA) is 156 Å². The molecule has 1 amide bonds. The molecule has 0 aliphatic heterocycles. The molecule has 0 aliphatic carbocycles. The lowest BCUT2D eigenvalue weighted by Crippen LogP contribution is -2.28. The van der Waals surface area contributed by atoms with Gasteiger partial charge in [-0.25, -0.2) is 27.2 Å². The zero-order chi connectivity index (χ0) is 27.9. The molecule has 0 radical (unpaired) electrons. The molecule has 0 bridgehead atoms. The number of ether oxygens (including phenoxy) is 1. The van der Waals surface area contributed by atoms with Gasteiger partial charge in [-0.05, 0) is 56.0 Å². The number of carbonyl (C=O) groups is 1. The van der Waals surface area contributed by atoms with E-state index in [9.17, 15) is 23.3 Å². The van der Waals surface area contributed by atoms with Gasteiger partial charge in [-0.3, -0.25) is 4.79 Å². The summed E-state index contributed by atoms with van der Waals surface area (Å²) >= 11 is 0. The van der Waals surface area contributed by atoms with E-state index in [1.807, 2.05) is 32.0 Å². The fraction of sp³-hybridized carbons (Fsp3) is 0.375. The summed E-state index contributed by atoms with van der Waals surface area (Å²) in [7, 11) is -4.22. The smallest absolute Gasteiger partial charge is 0.294 e. The highest BCUT2D eigenvalue weighted by Gasteiger charge is 2.21. The molecule has 3 aromatic rings. The van der Waals surface area contributed by atoms with Crippen molar-refractivity contribution >= 4 is 15.9 Å². The molecular formula is C24H28FN5O7S. The number of hydrogen-bond donors (Lipinski definition) is 1. The molecule has 0 unspecified atom stereocenters. The summed E-state index contributed by atoms with van der Waals surface area (Å²) in [6.45, 7) is 5.21. The van der Waals surface area contributed by atoms with Crippen LogP contribution in [0.2, 0.25) is 0 Å². The van der Waals surface area contributed by atoms with E-state index >= 15 is 4.39 Å². The number of unbranched alkanes of at least 4 members (excludes halogenated alkanes) is 1. The maximum atomic E-state index is 15.2. The Kier molecular flexibility index (Phi) is 9.47. The predicted octanol–water partition coefficient (Wildman–Crippen LogP) is 2.94. The van der Waals surface area contributed by atoms with Gasteiger partial charge >= 0.3 is 0 Å². The standard InChI is InChI=1S/C24H28FN5O7S/c1-16-6-7-17(2)19(12-16)13-24-26-23(15-36-10-4-5-11-37-30(32)33)27-29(24)22-9-8-20(14-21(22)25)38(34,35)28-18(3)31/h6-9,12,14H,4-5,10-11,13,15H2,1-3H3,(H,28,31). The van der Waals surface area contributed by atoms with E-state index in [0.29, 0.717) is 25.1 Å². The number of halogens is 1. The van der Waals surface area contributed by atoms with Gasteiger partial charge in [-0.2, -0.15) is 0 Å². The summed E-state index contributed by atoms with van der Waals surface area (Å²) in [5, 5.41) is 13.7. The molecule has 38 heavy (non-hydrogen) atoms. The molecule has 12 nitrogen and oxygen atoms in total. The minimum atomic E-state index is -4.22. The highest BCUT2D eigenvalue weighted by molar-refractivity contribution is 7.90. The van der Waals surface area contributed by atoms with E-state index in [-0.39, 0.29) is 31.3 Å². The largest absolute Gasteiger partial charge is 0.373 e. The van der Waals surface area contributed by atoms with Crippen LogP contribution in [-0.2, 0) is 37.4 Å². The lowest BCUT2D eigenvalue weighted by molar-refractivity contribution is -0.757. The van der Waals surface area contributed by atoms with Gasteiger partial charge in [0.25, 0.3) is 15.1 Å². The first-order valence-electron chi connectivity index (χ1n) is 11.7. The molecule has 2 aromatic carbocycles. The molecule has 1 aromatic heterocycles. The summed E-state index contributed by atoms with van der Waals surface area (Å²) in [5.41, 5.74) is 2.99. The number of hydrogen-bond acceptors (Lipinski definition) is 9. The second kappa shape index (κ2) is 12.6. The van der Waals surface area contributed by atoms with Crippen molar-refractivity contribution < 1.29 is 32.3 Å². The van der Waals surface area contributed by atoms with E-state index in [2.05, 4.69) is 14.9 Å². The molecular weight excluding hydrogens is 521 g/mol. The summed E-state index contributed by atoms with van der Waals surface area (Å²) in [6, 6.07) is 9.19. The van der Waals surface area contributed by atoms with Gasteiger partial charge in [0, 0.05) is 20.0 Å². The maximum Gasteiger partial charge on any atom is 0.294 e. The third kappa shape index (κ3) is 7.79. The Morgan fingerprint density at radius 2 is 1.89 bits per heavy atom. The van der Waals surface area contributed by atoms with Gasteiger partial charge in [0.15, 0.2) is 5.82 Å². The Hall–Kier alpha value is -3.91. The van der Waals surface area contributed by atoms with Gasteiger partial charge in [-0.1, -0.05) is 23.8 Å². The first-order valence-corrected chi connectivity index (χ1v) is 13.1. The Morgan fingerprint density at radius 3 is 2.58 bits per heavy atom. The number of aryl methyl sites for hydroxylation is 2.